The first-order chi connectivity index (χ1) is 9.66. The van der Waals surface area contributed by atoms with Crippen LogP contribution in [0.25, 0.3) is 0 Å². The molecule has 3 rings (SSSR count). The third-order valence-electron chi connectivity index (χ3n) is 4.35. The van der Waals surface area contributed by atoms with E-state index < -0.39 is 0 Å². The maximum absolute atomic E-state index is 12.6. The molecule has 0 bridgehead atoms. The van der Waals surface area contributed by atoms with Crippen molar-refractivity contribution in [2.45, 2.75) is 45.1 Å². The second-order valence-electron chi connectivity index (χ2n) is 5.84. The zero-order valence-electron chi connectivity index (χ0n) is 11.8. The number of amides is 3. The number of carbonyl (C=O) groups excluding carboxylic acids is 2. The van der Waals surface area contributed by atoms with E-state index in [-0.39, 0.29) is 18.0 Å². The molecule has 1 saturated heterocycles. The average molecular weight is 272 g/mol. The predicted molar refractivity (Wildman–Crippen MR) is 77.6 cm³/mol. The Morgan fingerprint density at radius 1 is 1.15 bits per heavy atom. The van der Waals surface area contributed by atoms with E-state index in [9.17, 15) is 9.59 Å². The Morgan fingerprint density at radius 2 is 1.90 bits per heavy atom. The summed E-state index contributed by atoms with van der Waals surface area (Å²) >= 11 is 0. The lowest BCUT2D eigenvalue weighted by Crippen LogP contribution is -2.38. The van der Waals surface area contributed by atoms with Crippen LogP contribution in [-0.4, -0.2) is 18.0 Å². The van der Waals surface area contributed by atoms with Crippen LogP contribution in [0.1, 0.15) is 37.7 Å². The molecule has 4 heteroatoms. The highest BCUT2D eigenvalue weighted by Gasteiger charge is 2.43. The molecule has 1 aromatic rings. The summed E-state index contributed by atoms with van der Waals surface area (Å²) in [7, 11) is 0. The molecule has 4 nitrogen and oxygen atoms in total. The number of rotatable bonds is 2. The molecule has 1 N–H and O–H groups in total. The van der Waals surface area contributed by atoms with Crippen molar-refractivity contribution >= 4 is 17.6 Å². The molecule has 1 aliphatic heterocycles. The van der Waals surface area contributed by atoms with E-state index in [0.717, 1.165) is 31.2 Å². The summed E-state index contributed by atoms with van der Waals surface area (Å²) in [6.45, 7) is 1.96. The van der Waals surface area contributed by atoms with Gasteiger partial charge < -0.3 is 5.32 Å². The largest absolute Gasteiger partial charge is 0.329 e. The highest BCUT2D eigenvalue weighted by atomic mass is 16.2. The van der Waals surface area contributed by atoms with Gasteiger partial charge in [-0.15, -0.1) is 0 Å². The van der Waals surface area contributed by atoms with Crippen LogP contribution in [0.5, 0.6) is 0 Å². The number of urea groups is 1. The van der Waals surface area contributed by atoms with Gasteiger partial charge in [-0.25, -0.2) is 9.69 Å². The third-order valence-corrected chi connectivity index (χ3v) is 4.35. The minimum atomic E-state index is -0.330. The topological polar surface area (TPSA) is 49.4 Å². The molecule has 2 aliphatic rings. The molecule has 0 spiro atoms. The highest BCUT2D eigenvalue weighted by molar-refractivity contribution is 6.21. The first-order valence-corrected chi connectivity index (χ1v) is 7.38. The Kier molecular flexibility index (Phi) is 3.47. The van der Waals surface area contributed by atoms with Crippen molar-refractivity contribution in [3.63, 3.8) is 0 Å². The molecule has 1 unspecified atom stereocenters. The maximum Gasteiger partial charge on any atom is 0.329 e. The number of imide groups is 1. The predicted octanol–water partition coefficient (Wildman–Crippen LogP) is 3.00. The molecule has 1 atom stereocenters. The van der Waals surface area contributed by atoms with Crippen molar-refractivity contribution in [1.29, 1.82) is 0 Å². The molecular weight excluding hydrogens is 252 g/mol. The molecule has 3 amide bonds. The van der Waals surface area contributed by atoms with Gasteiger partial charge in [-0.2, -0.15) is 0 Å². The summed E-state index contributed by atoms with van der Waals surface area (Å²) in [5.41, 5.74) is 1.72. The van der Waals surface area contributed by atoms with E-state index in [1.54, 1.807) is 0 Å². The first kappa shape index (κ1) is 13.2. The molecule has 0 aromatic heterocycles. The first-order valence-electron chi connectivity index (χ1n) is 7.38. The van der Waals surface area contributed by atoms with Gasteiger partial charge in [0.25, 0.3) is 5.91 Å². The van der Waals surface area contributed by atoms with Gasteiger partial charge in [0.15, 0.2) is 0 Å². The minimum Gasteiger partial charge on any atom is -0.325 e. The lowest BCUT2D eigenvalue weighted by Gasteiger charge is -2.25. The van der Waals surface area contributed by atoms with Gasteiger partial charge in [0.1, 0.15) is 6.04 Å². The normalized spacial score (nSPS) is 24.1. The Labute approximate surface area is 119 Å². The second kappa shape index (κ2) is 5.27. The van der Waals surface area contributed by atoms with Crippen molar-refractivity contribution in [3.05, 3.63) is 29.8 Å². The van der Waals surface area contributed by atoms with Crippen molar-refractivity contribution in [2.75, 3.05) is 4.90 Å². The van der Waals surface area contributed by atoms with Gasteiger partial charge in [-0.05, 0) is 43.4 Å². The zero-order chi connectivity index (χ0) is 14.1. The summed E-state index contributed by atoms with van der Waals surface area (Å²) in [6.07, 6.45) is 5.65. The number of nitrogens with zero attached hydrogens (tertiary/aromatic N) is 1. The van der Waals surface area contributed by atoms with E-state index >= 15 is 0 Å². The SMILES string of the molecule is Cc1cccc(N2C(=O)NC(C3CCCCC3)C2=O)c1. The summed E-state index contributed by atoms with van der Waals surface area (Å²) in [6, 6.07) is 6.91. The van der Waals surface area contributed by atoms with Gasteiger partial charge in [0.2, 0.25) is 0 Å². The van der Waals surface area contributed by atoms with Crippen molar-refractivity contribution in [1.82, 2.24) is 5.32 Å². The second-order valence-corrected chi connectivity index (χ2v) is 5.84. The highest BCUT2D eigenvalue weighted by Crippen LogP contribution is 2.31. The molecule has 20 heavy (non-hydrogen) atoms. The summed E-state index contributed by atoms with van der Waals surface area (Å²) in [5, 5.41) is 2.88. The molecule has 0 radical (unpaired) electrons. The number of carbonyl (C=O) groups is 2. The number of nitrogens with one attached hydrogen (secondary N) is 1. The fraction of sp³-hybridized carbons (Fsp3) is 0.500. The number of aryl methyl sites for hydroxylation is 1. The summed E-state index contributed by atoms with van der Waals surface area (Å²) < 4.78 is 0. The van der Waals surface area contributed by atoms with Gasteiger partial charge in [-0.3, -0.25) is 4.79 Å². The number of hydrogen-bond acceptors (Lipinski definition) is 2. The van der Waals surface area contributed by atoms with E-state index in [0.29, 0.717) is 11.6 Å². The van der Waals surface area contributed by atoms with Crippen molar-refractivity contribution in [2.24, 2.45) is 5.92 Å². The number of benzene rings is 1. The Balaban J connectivity index is 1.83. The molecule has 106 valence electrons. The monoisotopic (exact) mass is 272 g/mol. The Morgan fingerprint density at radius 3 is 2.60 bits per heavy atom. The summed E-state index contributed by atoms with van der Waals surface area (Å²) in [4.78, 5) is 26.0. The summed E-state index contributed by atoms with van der Waals surface area (Å²) in [5.74, 6) is 0.211. The van der Waals surface area contributed by atoms with Crippen molar-refractivity contribution in [3.8, 4) is 0 Å². The standard InChI is InChI=1S/C16H20N2O2/c1-11-6-5-9-13(10-11)18-15(19)14(17-16(18)20)12-7-3-2-4-8-12/h5-6,9-10,12,14H,2-4,7-8H2,1H3,(H,17,20). The average Bonchev–Trinajstić information content (AvgIpc) is 2.75. The van der Waals surface area contributed by atoms with E-state index in [1.807, 2.05) is 31.2 Å². The fourth-order valence-electron chi connectivity index (χ4n) is 3.30. The minimum absolute atomic E-state index is 0.0903. The molecular formula is C16H20N2O2. The van der Waals surface area contributed by atoms with Crippen LogP contribution in [0, 0.1) is 12.8 Å². The van der Waals surface area contributed by atoms with Crippen LogP contribution in [0.15, 0.2) is 24.3 Å². The van der Waals surface area contributed by atoms with Crippen LogP contribution in [-0.2, 0) is 4.79 Å². The third kappa shape index (κ3) is 2.30. The van der Waals surface area contributed by atoms with Crippen LogP contribution in [0.4, 0.5) is 10.5 Å². The van der Waals surface area contributed by atoms with Crippen LogP contribution in [0.2, 0.25) is 0 Å². The lowest BCUT2D eigenvalue weighted by atomic mass is 9.84. The van der Waals surface area contributed by atoms with E-state index in [2.05, 4.69) is 5.32 Å². The van der Waals surface area contributed by atoms with Gasteiger partial charge in [-0.1, -0.05) is 31.4 Å². The van der Waals surface area contributed by atoms with E-state index in [1.165, 1.54) is 11.3 Å². The number of hydrogen-bond donors (Lipinski definition) is 1. The molecule has 1 heterocycles. The lowest BCUT2D eigenvalue weighted by molar-refractivity contribution is -0.119. The fourth-order valence-corrected chi connectivity index (χ4v) is 3.30. The number of anilines is 1. The quantitative estimate of drug-likeness (QED) is 0.841. The van der Waals surface area contributed by atoms with Gasteiger partial charge >= 0.3 is 6.03 Å². The van der Waals surface area contributed by atoms with Crippen LogP contribution in [0.3, 0.4) is 0 Å². The Hall–Kier alpha value is -1.84. The molecule has 1 saturated carbocycles. The zero-order valence-corrected chi connectivity index (χ0v) is 11.8. The molecule has 1 aliphatic carbocycles. The smallest absolute Gasteiger partial charge is 0.325 e. The van der Waals surface area contributed by atoms with E-state index in [4.69, 9.17) is 0 Å². The van der Waals surface area contributed by atoms with Gasteiger partial charge in [0, 0.05) is 0 Å². The van der Waals surface area contributed by atoms with Crippen molar-refractivity contribution < 1.29 is 9.59 Å². The van der Waals surface area contributed by atoms with Crippen LogP contribution < -0.4 is 10.2 Å². The molecule has 2 fully saturated rings. The van der Waals surface area contributed by atoms with Crippen LogP contribution >= 0.6 is 0 Å². The Bertz CT molecular complexity index is 535. The maximum atomic E-state index is 12.6. The molecule has 1 aromatic carbocycles. The van der Waals surface area contributed by atoms with Gasteiger partial charge in [0.05, 0.1) is 5.69 Å².